The van der Waals surface area contributed by atoms with E-state index in [0.717, 1.165) is 18.8 Å². The lowest BCUT2D eigenvalue weighted by molar-refractivity contribution is 1.03. The molecule has 0 fully saturated rings. The average molecular weight is 372 g/mol. The Kier molecular flexibility index (Phi) is 4.21. The Hall–Kier alpha value is -0.830. The molecule has 2 aromatic rings. The maximum absolute atomic E-state index is 9.17. The Morgan fingerprint density at radius 2 is 1.82 bits per heavy atom. The molecule has 1 aromatic carbocycles. The zero-order valence-corrected chi connectivity index (χ0v) is 12.6. The first kappa shape index (κ1) is 12.6. The number of hydrogen-bond donors (Lipinski definition) is 1. The van der Waals surface area contributed by atoms with Gasteiger partial charge in [0.25, 0.3) is 0 Å². The standard InChI is InChI=1S/C12H8Br2N2S/c13-8-1-3-9(4-2-8)16-10(7-15)11-5-6-12(14)17-11/h1-6,10,16H. The number of halogens is 2. The first-order valence-corrected chi connectivity index (χ1v) is 7.26. The molecule has 1 unspecified atom stereocenters. The van der Waals surface area contributed by atoms with Gasteiger partial charge in [-0.3, -0.25) is 0 Å². The van der Waals surface area contributed by atoms with Crippen molar-refractivity contribution in [2.75, 3.05) is 5.32 Å². The molecule has 86 valence electrons. The first-order chi connectivity index (χ1) is 8.19. The van der Waals surface area contributed by atoms with E-state index in [9.17, 15) is 5.26 Å². The summed E-state index contributed by atoms with van der Waals surface area (Å²) in [6.45, 7) is 0. The molecule has 0 aliphatic carbocycles. The second-order valence-corrected chi connectivity index (χ2v) is 6.77. The second kappa shape index (κ2) is 5.67. The Labute approximate surface area is 121 Å². The molecule has 17 heavy (non-hydrogen) atoms. The van der Waals surface area contributed by atoms with Crippen LogP contribution in [0.2, 0.25) is 0 Å². The van der Waals surface area contributed by atoms with E-state index >= 15 is 0 Å². The summed E-state index contributed by atoms with van der Waals surface area (Å²) in [4.78, 5) is 1.00. The van der Waals surface area contributed by atoms with Crippen LogP contribution in [0.4, 0.5) is 5.69 Å². The van der Waals surface area contributed by atoms with E-state index in [2.05, 4.69) is 43.2 Å². The monoisotopic (exact) mass is 370 g/mol. The molecular formula is C12H8Br2N2S. The molecule has 0 saturated heterocycles. The normalized spacial score (nSPS) is 11.8. The molecule has 0 bridgehead atoms. The van der Waals surface area contributed by atoms with Crippen LogP contribution in [0.3, 0.4) is 0 Å². The van der Waals surface area contributed by atoms with E-state index in [-0.39, 0.29) is 6.04 Å². The van der Waals surface area contributed by atoms with Crippen molar-refractivity contribution in [3.05, 3.63) is 49.5 Å². The van der Waals surface area contributed by atoms with Crippen molar-refractivity contribution < 1.29 is 0 Å². The number of thiophene rings is 1. The van der Waals surface area contributed by atoms with Gasteiger partial charge in [-0.15, -0.1) is 11.3 Å². The highest BCUT2D eigenvalue weighted by atomic mass is 79.9. The quantitative estimate of drug-likeness (QED) is 0.828. The molecule has 0 spiro atoms. The van der Waals surface area contributed by atoms with Gasteiger partial charge in [0.1, 0.15) is 6.04 Å². The number of nitrogens with zero attached hydrogens (tertiary/aromatic N) is 1. The minimum atomic E-state index is -0.313. The minimum absolute atomic E-state index is 0.313. The number of hydrogen-bond acceptors (Lipinski definition) is 3. The lowest BCUT2D eigenvalue weighted by Gasteiger charge is -2.11. The van der Waals surface area contributed by atoms with Crippen molar-refractivity contribution in [3.8, 4) is 6.07 Å². The van der Waals surface area contributed by atoms with Crippen LogP contribution in [0.15, 0.2) is 44.7 Å². The average Bonchev–Trinajstić information content (AvgIpc) is 2.75. The highest BCUT2D eigenvalue weighted by molar-refractivity contribution is 9.11. The molecule has 1 aromatic heterocycles. The van der Waals surface area contributed by atoms with Crippen molar-refractivity contribution in [2.45, 2.75) is 6.04 Å². The molecule has 0 radical (unpaired) electrons. The van der Waals surface area contributed by atoms with Crippen molar-refractivity contribution in [2.24, 2.45) is 0 Å². The topological polar surface area (TPSA) is 35.8 Å². The molecule has 0 amide bonds. The van der Waals surface area contributed by atoms with E-state index in [1.165, 1.54) is 0 Å². The molecule has 0 aliphatic rings. The molecule has 1 N–H and O–H groups in total. The van der Waals surface area contributed by atoms with Gasteiger partial charge in [0.05, 0.1) is 9.86 Å². The van der Waals surface area contributed by atoms with Gasteiger partial charge in [-0.2, -0.15) is 5.26 Å². The summed E-state index contributed by atoms with van der Waals surface area (Å²) >= 11 is 8.35. The van der Waals surface area contributed by atoms with E-state index in [0.29, 0.717) is 0 Å². The van der Waals surface area contributed by atoms with Crippen molar-refractivity contribution in [1.82, 2.24) is 0 Å². The van der Waals surface area contributed by atoms with E-state index in [1.54, 1.807) is 11.3 Å². The van der Waals surface area contributed by atoms with Gasteiger partial charge in [0, 0.05) is 15.0 Å². The third-order valence-electron chi connectivity index (χ3n) is 2.16. The first-order valence-electron chi connectivity index (χ1n) is 4.86. The summed E-state index contributed by atoms with van der Waals surface area (Å²) in [6.07, 6.45) is 0. The fraction of sp³-hybridized carbons (Fsp3) is 0.0833. The molecule has 2 nitrogen and oxygen atoms in total. The summed E-state index contributed by atoms with van der Waals surface area (Å²) in [7, 11) is 0. The molecule has 2 rings (SSSR count). The molecule has 0 aliphatic heterocycles. The summed E-state index contributed by atoms with van der Waals surface area (Å²) in [5.74, 6) is 0. The predicted molar refractivity (Wildman–Crippen MR) is 78.1 cm³/mol. The van der Waals surface area contributed by atoms with Crippen LogP contribution in [-0.2, 0) is 0 Å². The molecule has 0 saturated carbocycles. The van der Waals surface area contributed by atoms with Crippen molar-refractivity contribution in [1.29, 1.82) is 5.26 Å². The van der Waals surface area contributed by atoms with Gasteiger partial charge in [-0.05, 0) is 52.3 Å². The van der Waals surface area contributed by atoms with Gasteiger partial charge in [0.15, 0.2) is 0 Å². The minimum Gasteiger partial charge on any atom is -0.366 e. The highest BCUT2D eigenvalue weighted by Crippen LogP contribution is 2.29. The number of benzene rings is 1. The number of nitriles is 1. The molecule has 1 atom stereocenters. The van der Waals surface area contributed by atoms with Crippen LogP contribution < -0.4 is 5.32 Å². The Bertz CT molecular complexity index is 542. The number of nitrogens with one attached hydrogen (secondary N) is 1. The molecule has 5 heteroatoms. The number of rotatable bonds is 3. The maximum Gasteiger partial charge on any atom is 0.149 e. The van der Waals surface area contributed by atoms with E-state index in [1.807, 2.05) is 36.4 Å². The van der Waals surface area contributed by atoms with Crippen LogP contribution in [0.25, 0.3) is 0 Å². The summed E-state index contributed by atoms with van der Waals surface area (Å²) in [6, 6.07) is 13.6. The number of anilines is 1. The van der Waals surface area contributed by atoms with E-state index in [4.69, 9.17) is 0 Å². The van der Waals surface area contributed by atoms with Crippen molar-refractivity contribution in [3.63, 3.8) is 0 Å². The SMILES string of the molecule is N#CC(Nc1ccc(Br)cc1)c1ccc(Br)s1. The third kappa shape index (κ3) is 3.32. The Balaban J connectivity index is 2.16. The molecular weight excluding hydrogens is 364 g/mol. The van der Waals surface area contributed by atoms with Gasteiger partial charge < -0.3 is 5.32 Å². The van der Waals surface area contributed by atoms with E-state index < -0.39 is 0 Å². The Morgan fingerprint density at radius 3 is 2.35 bits per heavy atom. The second-order valence-electron chi connectivity index (χ2n) is 3.36. The lowest BCUT2D eigenvalue weighted by atomic mass is 10.2. The fourth-order valence-corrected chi connectivity index (χ4v) is 3.05. The summed E-state index contributed by atoms with van der Waals surface area (Å²) < 4.78 is 2.06. The lowest BCUT2D eigenvalue weighted by Crippen LogP contribution is -2.06. The zero-order valence-electron chi connectivity index (χ0n) is 8.65. The van der Waals surface area contributed by atoms with Crippen molar-refractivity contribution >= 4 is 48.9 Å². The Morgan fingerprint density at radius 1 is 1.12 bits per heavy atom. The maximum atomic E-state index is 9.17. The van der Waals surface area contributed by atoms with Crippen LogP contribution in [0, 0.1) is 11.3 Å². The predicted octanol–water partition coefficient (Wildman–Crippen LogP) is 4.95. The summed E-state index contributed by atoms with van der Waals surface area (Å²) in [5, 5.41) is 12.4. The van der Waals surface area contributed by atoms with Crippen LogP contribution in [-0.4, -0.2) is 0 Å². The van der Waals surface area contributed by atoms with Gasteiger partial charge in [-0.1, -0.05) is 15.9 Å². The smallest absolute Gasteiger partial charge is 0.149 e. The van der Waals surface area contributed by atoms with Crippen LogP contribution >= 0.6 is 43.2 Å². The van der Waals surface area contributed by atoms with Crippen LogP contribution in [0.1, 0.15) is 10.9 Å². The zero-order chi connectivity index (χ0) is 12.3. The van der Waals surface area contributed by atoms with Gasteiger partial charge in [0.2, 0.25) is 0 Å². The fourth-order valence-electron chi connectivity index (χ4n) is 1.36. The summed E-state index contributed by atoms with van der Waals surface area (Å²) in [5.41, 5.74) is 0.935. The van der Waals surface area contributed by atoms with Gasteiger partial charge >= 0.3 is 0 Å². The third-order valence-corrected chi connectivity index (χ3v) is 4.38. The van der Waals surface area contributed by atoms with Crippen LogP contribution in [0.5, 0.6) is 0 Å². The molecule has 1 heterocycles. The largest absolute Gasteiger partial charge is 0.366 e. The highest BCUT2D eigenvalue weighted by Gasteiger charge is 2.12. The van der Waals surface area contributed by atoms with Gasteiger partial charge in [-0.25, -0.2) is 0 Å².